The second-order valence-corrected chi connectivity index (χ2v) is 6.77. The van der Waals surface area contributed by atoms with E-state index in [4.69, 9.17) is 18.3 Å². The van der Waals surface area contributed by atoms with Crippen LogP contribution in [0.15, 0.2) is 56.1 Å². The van der Waals surface area contributed by atoms with Crippen LogP contribution in [0.5, 0.6) is 5.75 Å². The Balaban J connectivity index is 1.88. The molecule has 0 radical (unpaired) electrons. The average molecular weight is 414 g/mol. The number of carbonyl (C=O) groups is 1. The van der Waals surface area contributed by atoms with Gasteiger partial charge in [0.15, 0.2) is 5.76 Å². The maximum atomic E-state index is 13.1. The van der Waals surface area contributed by atoms with Crippen LogP contribution >= 0.6 is 0 Å². The van der Waals surface area contributed by atoms with Crippen LogP contribution in [0.4, 0.5) is 4.39 Å². The van der Waals surface area contributed by atoms with Gasteiger partial charge < -0.3 is 18.3 Å². The Morgan fingerprint density at radius 3 is 2.53 bits per heavy atom. The summed E-state index contributed by atoms with van der Waals surface area (Å²) in [7, 11) is 1.46. The molecule has 0 bridgehead atoms. The van der Waals surface area contributed by atoms with Crippen molar-refractivity contribution in [2.24, 2.45) is 0 Å². The lowest BCUT2D eigenvalue weighted by atomic mass is 10.1. The molecule has 0 amide bonds. The molecule has 0 aliphatic rings. The SMILES string of the molecule is CCCCOc1c(C(=O)c2ccc(Cc3ccc(F)cc3)o2)oc(COC)cc1=O. The fourth-order valence-corrected chi connectivity index (χ4v) is 2.86. The number of benzene rings is 1. The zero-order valence-corrected chi connectivity index (χ0v) is 16.9. The number of ether oxygens (including phenoxy) is 2. The van der Waals surface area contributed by atoms with Gasteiger partial charge in [0.25, 0.3) is 5.78 Å². The van der Waals surface area contributed by atoms with Crippen molar-refractivity contribution in [3.63, 3.8) is 0 Å². The topological polar surface area (TPSA) is 78.9 Å². The highest BCUT2D eigenvalue weighted by molar-refractivity contribution is 6.06. The molecule has 0 unspecified atom stereocenters. The van der Waals surface area contributed by atoms with Crippen LogP contribution in [0, 0.1) is 5.82 Å². The Morgan fingerprint density at radius 2 is 1.83 bits per heavy atom. The van der Waals surface area contributed by atoms with Crippen molar-refractivity contribution in [3.8, 4) is 5.75 Å². The molecule has 7 heteroatoms. The van der Waals surface area contributed by atoms with E-state index in [0.29, 0.717) is 18.8 Å². The van der Waals surface area contributed by atoms with Crippen molar-refractivity contribution in [2.75, 3.05) is 13.7 Å². The zero-order valence-electron chi connectivity index (χ0n) is 16.9. The average Bonchev–Trinajstić information content (AvgIpc) is 3.19. The van der Waals surface area contributed by atoms with Crippen LogP contribution in [0.25, 0.3) is 0 Å². The third-order valence-corrected chi connectivity index (χ3v) is 4.37. The second kappa shape index (κ2) is 10.0. The van der Waals surface area contributed by atoms with Crippen molar-refractivity contribution in [1.82, 2.24) is 0 Å². The summed E-state index contributed by atoms with van der Waals surface area (Å²) < 4.78 is 34.9. The molecule has 2 aromatic heterocycles. The van der Waals surface area contributed by atoms with E-state index >= 15 is 0 Å². The van der Waals surface area contributed by atoms with Gasteiger partial charge in [-0.25, -0.2) is 4.39 Å². The molecule has 2 heterocycles. The lowest BCUT2D eigenvalue weighted by molar-refractivity contribution is 0.0958. The fraction of sp³-hybridized carbons (Fsp3) is 0.304. The van der Waals surface area contributed by atoms with E-state index in [1.165, 1.54) is 31.4 Å². The molecular weight excluding hydrogens is 391 g/mol. The third kappa shape index (κ3) is 5.24. The molecule has 0 N–H and O–H groups in total. The van der Waals surface area contributed by atoms with Gasteiger partial charge in [0.2, 0.25) is 16.9 Å². The summed E-state index contributed by atoms with van der Waals surface area (Å²) in [5.74, 6) is -0.513. The molecule has 3 rings (SSSR count). The third-order valence-electron chi connectivity index (χ3n) is 4.37. The minimum atomic E-state index is -0.595. The number of ketones is 1. The van der Waals surface area contributed by atoms with E-state index in [1.54, 1.807) is 18.2 Å². The number of methoxy groups -OCH3 is 1. The molecule has 0 aliphatic carbocycles. The van der Waals surface area contributed by atoms with Crippen LogP contribution < -0.4 is 10.2 Å². The largest absolute Gasteiger partial charge is 0.486 e. The number of rotatable bonds is 10. The number of furan rings is 1. The highest BCUT2D eigenvalue weighted by atomic mass is 19.1. The van der Waals surface area contributed by atoms with Crippen molar-refractivity contribution in [2.45, 2.75) is 32.8 Å². The van der Waals surface area contributed by atoms with E-state index in [2.05, 4.69) is 0 Å². The first-order valence-electron chi connectivity index (χ1n) is 9.68. The first kappa shape index (κ1) is 21.5. The van der Waals surface area contributed by atoms with Crippen LogP contribution in [0.1, 0.15) is 53.2 Å². The molecule has 0 saturated heterocycles. The number of halogens is 1. The summed E-state index contributed by atoms with van der Waals surface area (Å²) in [5, 5.41) is 0. The summed E-state index contributed by atoms with van der Waals surface area (Å²) in [6, 6.07) is 10.4. The second-order valence-electron chi connectivity index (χ2n) is 6.77. The summed E-state index contributed by atoms with van der Waals surface area (Å²) in [6.45, 7) is 2.32. The molecule has 1 aromatic carbocycles. The van der Waals surface area contributed by atoms with Crippen molar-refractivity contribution in [3.05, 3.63) is 87.1 Å². The van der Waals surface area contributed by atoms with E-state index in [0.717, 1.165) is 18.4 Å². The highest BCUT2D eigenvalue weighted by Gasteiger charge is 2.25. The van der Waals surface area contributed by atoms with Gasteiger partial charge in [-0.3, -0.25) is 9.59 Å². The van der Waals surface area contributed by atoms with Crippen LogP contribution in [-0.2, 0) is 17.8 Å². The highest BCUT2D eigenvalue weighted by Crippen LogP contribution is 2.23. The van der Waals surface area contributed by atoms with Gasteiger partial charge in [-0.05, 0) is 36.2 Å². The molecule has 158 valence electrons. The van der Waals surface area contributed by atoms with Gasteiger partial charge in [0.05, 0.1) is 6.61 Å². The Bertz CT molecular complexity index is 1050. The van der Waals surface area contributed by atoms with E-state index in [1.807, 2.05) is 6.92 Å². The summed E-state index contributed by atoms with van der Waals surface area (Å²) >= 11 is 0. The molecule has 0 atom stereocenters. The van der Waals surface area contributed by atoms with Gasteiger partial charge >= 0.3 is 0 Å². The smallest absolute Gasteiger partial charge is 0.267 e. The van der Waals surface area contributed by atoms with Gasteiger partial charge in [-0.15, -0.1) is 0 Å². The molecule has 0 aliphatic heterocycles. The van der Waals surface area contributed by atoms with Crippen molar-refractivity contribution < 1.29 is 27.5 Å². The molecule has 0 saturated carbocycles. The van der Waals surface area contributed by atoms with E-state index < -0.39 is 11.2 Å². The molecule has 0 spiro atoms. The van der Waals surface area contributed by atoms with Gasteiger partial charge in [-0.1, -0.05) is 25.5 Å². The van der Waals surface area contributed by atoms with E-state index in [9.17, 15) is 14.0 Å². The number of hydrogen-bond donors (Lipinski definition) is 0. The standard InChI is InChI=1S/C23H23FO6/c1-3-4-11-28-22-19(25)13-18(14-27-2)30-23(22)21(26)20-10-9-17(29-20)12-15-5-7-16(24)8-6-15/h5-10,13H,3-4,11-12,14H2,1-2H3. The van der Waals surface area contributed by atoms with Gasteiger partial charge in [0.1, 0.15) is 23.9 Å². The minimum absolute atomic E-state index is 0.0187. The monoisotopic (exact) mass is 414 g/mol. The normalized spacial score (nSPS) is 10.9. The van der Waals surface area contributed by atoms with Crippen LogP contribution in [0.2, 0.25) is 0 Å². The molecule has 0 fully saturated rings. The van der Waals surface area contributed by atoms with Crippen LogP contribution in [0.3, 0.4) is 0 Å². The van der Waals surface area contributed by atoms with Gasteiger partial charge in [-0.2, -0.15) is 0 Å². The predicted molar refractivity (Wildman–Crippen MR) is 107 cm³/mol. The maximum Gasteiger partial charge on any atom is 0.267 e. The molecular formula is C23H23FO6. The minimum Gasteiger partial charge on any atom is -0.486 e. The Kier molecular flexibility index (Phi) is 7.19. The van der Waals surface area contributed by atoms with E-state index in [-0.39, 0.29) is 35.5 Å². The quantitative estimate of drug-likeness (QED) is 0.359. The number of carbonyl (C=O) groups excluding carboxylic acids is 1. The predicted octanol–water partition coefficient (Wildman–Crippen LogP) is 4.52. The fourth-order valence-electron chi connectivity index (χ4n) is 2.86. The number of hydrogen-bond acceptors (Lipinski definition) is 6. The number of unbranched alkanes of at least 4 members (excludes halogenated alkanes) is 1. The first-order chi connectivity index (χ1) is 14.5. The molecule has 3 aromatic rings. The van der Waals surface area contributed by atoms with Crippen molar-refractivity contribution >= 4 is 5.78 Å². The summed E-state index contributed by atoms with van der Waals surface area (Å²) in [6.07, 6.45) is 2.00. The molecule has 30 heavy (non-hydrogen) atoms. The first-order valence-corrected chi connectivity index (χ1v) is 9.68. The summed E-state index contributed by atoms with van der Waals surface area (Å²) in [5.41, 5.74) is 0.382. The Labute approximate surface area is 173 Å². The van der Waals surface area contributed by atoms with Gasteiger partial charge in [0, 0.05) is 19.6 Å². The zero-order chi connectivity index (χ0) is 21.5. The lowest BCUT2D eigenvalue weighted by Gasteiger charge is -2.10. The molecule has 6 nitrogen and oxygen atoms in total. The van der Waals surface area contributed by atoms with Crippen molar-refractivity contribution in [1.29, 1.82) is 0 Å². The lowest BCUT2D eigenvalue weighted by Crippen LogP contribution is -2.16. The van der Waals surface area contributed by atoms with Crippen LogP contribution in [-0.4, -0.2) is 19.5 Å². The summed E-state index contributed by atoms with van der Waals surface area (Å²) in [4.78, 5) is 25.5. The Morgan fingerprint density at radius 1 is 1.07 bits per heavy atom. The maximum absolute atomic E-state index is 13.1. The Hall–Kier alpha value is -3.19.